The zero-order valence-electron chi connectivity index (χ0n) is 10.4. The van der Waals surface area contributed by atoms with Crippen LogP contribution in [0.1, 0.15) is 11.1 Å². The van der Waals surface area contributed by atoms with Crippen molar-refractivity contribution in [1.29, 1.82) is 0 Å². The molecule has 1 aromatic carbocycles. The zero-order valence-corrected chi connectivity index (χ0v) is 12.8. The molecule has 0 unspecified atom stereocenters. The summed E-state index contributed by atoms with van der Waals surface area (Å²) in [5.41, 5.74) is 5.55. The predicted molar refractivity (Wildman–Crippen MR) is 82.6 cm³/mol. The molecule has 1 heterocycles. The van der Waals surface area contributed by atoms with Gasteiger partial charge < -0.3 is 11.1 Å². The first kappa shape index (κ1) is 15.7. The van der Waals surface area contributed by atoms with Crippen LogP contribution >= 0.6 is 28.1 Å². The van der Waals surface area contributed by atoms with E-state index in [1.165, 1.54) is 12.3 Å². The summed E-state index contributed by atoms with van der Waals surface area (Å²) in [6.07, 6.45) is -2.95. The Kier molecular flexibility index (Phi) is 4.48. The van der Waals surface area contributed by atoms with E-state index in [1.54, 1.807) is 12.1 Å². The van der Waals surface area contributed by atoms with Gasteiger partial charge in [-0.2, -0.15) is 13.2 Å². The third kappa shape index (κ3) is 3.92. The van der Waals surface area contributed by atoms with Crippen molar-refractivity contribution < 1.29 is 13.2 Å². The highest BCUT2D eigenvalue weighted by Crippen LogP contribution is 2.34. The Hall–Kier alpha value is -1.67. The van der Waals surface area contributed by atoms with E-state index in [1.807, 2.05) is 0 Å². The Morgan fingerprint density at radius 3 is 2.48 bits per heavy atom. The van der Waals surface area contributed by atoms with Crippen LogP contribution in [0.2, 0.25) is 0 Å². The van der Waals surface area contributed by atoms with Gasteiger partial charge >= 0.3 is 6.18 Å². The van der Waals surface area contributed by atoms with Gasteiger partial charge in [0.15, 0.2) is 0 Å². The number of halogens is 4. The number of aromatic nitrogens is 1. The number of rotatable bonds is 3. The molecule has 0 fully saturated rings. The van der Waals surface area contributed by atoms with Gasteiger partial charge in [0.2, 0.25) is 0 Å². The smallest absolute Gasteiger partial charge is 0.389 e. The molecular formula is C13H9BrF3N3S. The van der Waals surface area contributed by atoms with Crippen molar-refractivity contribution in [2.75, 3.05) is 5.32 Å². The Balaban J connectivity index is 2.28. The average molecular weight is 376 g/mol. The molecule has 3 N–H and O–H groups in total. The highest BCUT2D eigenvalue weighted by atomic mass is 79.9. The van der Waals surface area contributed by atoms with Gasteiger partial charge in [-0.3, -0.25) is 0 Å². The molecular weight excluding hydrogens is 367 g/mol. The van der Waals surface area contributed by atoms with Crippen molar-refractivity contribution in [3.63, 3.8) is 0 Å². The van der Waals surface area contributed by atoms with Crippen LogP contribution in [0.3, 0.4) is 0 Å². The molecule has 3 nitrogen and oxygen atoms in total. The minimum atomic E-state index is -4.40. The normalized spacial score (nSPS) is 11.2. The number of alkyl halides is 3. The van der Waals surface area contributed by atoms with Gasteiger partial charge in [0.05, 0.1) is 11.3 Å². The molecule has 0 atom stereocenters. The number of nitrogens with one attached hydrogen (secondary N) is 1. The van der Waals surface area contributed by atoms with Gasteiger partial charge in [0, 0.05) is 16.2 Å². The largest absolute Gasteiger partial charge is 0.416 e. The number of thiocarbonyl (C=S) groups is 1. The van der Waals surface area contributed by atoms with Crippen molar-refractivity contribution in [3.8, 4) is 0 Å². The summed E-state index contributed by atoms with van der Waals surface area (Å²) in [5, 5.41) is 2.81. The van der Waals surface area contributed by atoms with E-state index < -0.39 is 11.7 Å². The Morgan fingerprint density at radius 2 is 1.95 bits per heavy atom. The van der Waals surface area contributed by atoms with E-state index in [-0.39, 0.29) is 10.7 Å². The van der Waals surface area contributed by atoms with Crippen LogP contribution in [0.5, 0.6) is 0 Å². The molecule has 0 aliphatic heterocycles. The summed E-state index contributed by atoms with van der Waals surface area (Å²) < 4.78 is 38.6. The summed E-state index contributed by atoms with van der Waals surface area (Å²) in [6.45, 7) is 0. The predicted octanol–water partition coefficient (Wildman–Crippen LogP) is 4.24. The fourth-order valence-electron chi connectivity index (χ4n) is 1.55. The van der Waals surface area contributed by atoms with Crippen LogP contribution in [0.15, 0.2) is 41.0 Å². The molecule has 0 radical (unpaired) electrons. The maximum atomic E-state index is 12.7. The van der Waals surface area contributed by atoms with E-state index in [9.17, 15) is 13.2 Å². The lowest BCUT2D eigenvalue weighted by Gasteiger charge is -2.12. The summed E-state index contributed by atoms with van der Waals surface area (Å²) >= 11 is 7.99. The maximum Gasteiger partial charge on any atom is 0.416 e. The molecule has 21 heavy (non-hydrogen) atoms. The summed E-state index contributed by atoms with van der Waals surface area (Å²) in [7, 11) is 0. The van der Waals surface area contributed by atoms with Crippen molar-refractivity contribution in [1.82, 2.24) is 4.98 Å². The van der Waals surface area contributed by atoms with E-state index in [2.05, 4.69) is 26.2 Å². The third-order valence-electron chi connectivity index (χ3n) is 2.60. The van der Waals surface area contributed by atoms with Crippen LogP contribution in [-0.2, 0) is 6.18 Å². The van der Waals surface area contributed by atoms with E-state index >= 15 is 0 Å². The number of hydrogen-bond acceptors (Lipinski definition) is 3. The Morgan fingerprint density at radius 1 is 1.24 bits per heavy atom. The van der Waals surface area contributed by atoms with Crippen molar-refractivity contribution >= 4 is 44.6 Å². The summed E-state index contributed by atoms with van der Waals surface area (Å²) in [4.78, 5) is 4.25. The van der Waals surface area contributed by atoms with Gasteiger partial charge in [-0.25, -0.2) is 4.98 Å². The standard InChI is InChI=1S/C13H9BrF3N3S/c14-9-3-2-8(13(15,16)17)5-10(9)20-11-4-1-7(6-19-11)12(18)21/h1-6H,(H2,18,21)(H,19,20). The SMILES string of the molecule is NC(=S)c1ccc(Nc2cc(C(F)(F)F)ccc2Br)nc1. The lowest BCUT2D eigenvalue weighted by atomic mass is 10.2. The fraction of sp³-hybridized carbons (Fsp3) is 0.0769. The average Bonchev–Trinajstić information content (AvgIpc) is 2.40. The Labute approximate surface area is 132 Å². The summed E-state index contributed by atoms with van der Waals surface area (Å²) in [5.74, 6) is 0.384. The van der Waals surface area contributed by atoms with Crippen LogP contribution < -0.4 is 11.1 Å². The second-order valence-corrected chi connectivity index (χ2v) is 5.41. The minimum Gasteiger partial charge on any atom is -0.389 e. The van der Waals surface area contributed by atoms with E-state index in [0.29, 0.717) is 15.9 Å². The topological polar surface area (TPSA) is 50.9 Å². The van der Waals surface area contributed by atoms with E-state index in [4.69, 9.17) is 18.0 Å². The molecule has 110 valence electrons. The molecule has 0 saturated heterocycles. The first-order valence-corrected chi connectivity index (χ1v) is 6.87. The monoisotopic (exact) mass is 375 g/mol. The number of nitrogens with zero attached hydrogens (tertiary/aromatic N) is 1. The Bertz CT molecular complexity index is 671. The van der Waals surface area contributed by atoms with Gasteiger partial charge in [-0.15, -0.1) is 0 Å². The van der Waals surface area contributed by atoms with E-state index in [0.717, 1.165) is 12.1 Å². The molecule has 0 aliphatic rings. The third-order valence-corrected chi connectivity index (χ3v) is 3.53. The van der Waals surface area contributed by atoms with Crippen LogP contribution in [0, 0.1) is 0 Å². The van der Waals surface area contributed by atoms with Crippen LogP contribution in [0.25, 0.3) is 0 Å². The molecule has 0 bridgehead atoms. The van der Waals surface area contributed by atoms with Gasteiger partial charge in [0.1, 0.15) is 10.8 Å². The van der Waals surface area contributed by atoms with Crippen LogP contribution in [0.4, 0.5) is 24.7 Å². The van der Waals surface area contributed by atoms with Crippen molar-refractivity contribution in [3.05, 3.63) is 52.1 Å². The first-order chi connectivity index (χ1) is 9.77. The maximum absolute atomic E-state index is 12.7. The minimum absolute atomic E-state index is 0.203. The number of nitrogens with two attached hydrogens (primary N) is 1. The fourth-order valence-corrected chi connectivity index (χ4v) is 2.02. The molecule has 0 spiro atoms. The van der Waals surface area contributed by atoms with Gasteiger partial charge in [-0.1, -0.05) is 12.2 Å². The molecule has 0 saturated carbocycles. The number of hydrogen-bond donors (Lipinski definition) is 2. The lowest BCUT2D eigenvalue weighted by Crippen LogP contribution is -2.10. The molecule has 2 rings (SSSR count). The molecule has 2 aromatic rings. The molecule has 1 aromatic heterocycles. The lowest BCUT2D eigenvalue weighted by molar-refractivity contribution is -0.137. The summed E-state index contributed by atoms with van der Waals surface area (Å²) in [6, 6.07) is 6.56. The molecule has 0 amide bonds. The second kappa shape index (κ2) is 5.98. The zero-order chi connectivity index (χ0) is 15.6. The number of pyridine rings is 1. The van der Waals surface area contributed by atoms with Crippen LogP contribution in [-0.4, -0.2) is 9.97 Å². The molecule has 8 heteroatoms. The van der Waals surface area contributed by atoms with Gasteiger partial charge in [-0.05, 0) is 46.3 Å². The van der Waals surface area contributed by atoms with Gasteiger partial charge in [0.25, 0.3) is 0 Å². The number of benzene rings is 1. The highest BCUT2D eigenvalue weighted by molar-refractivity contribution is 9.10. The first-order valence-electron chi connectivity index (χ1n) is 5.67. The number of anilines is 2. The van der Waals surface area contributed by atoms with Crippen molar-refractivity contribution in [2.45, 2.75) is 6.18 Å². The second-order valence-electron chi connectivity index (χ2n) is 4.11. The highest BCUT2D eigenvalue weighted by Gasteiger charge is 2.30. The molecule has 0 aliphatic carbocycles. The van der Waals surface area contributed by atoms with Crippen molar-refractivity contribution in [2.24, 2.45) is 5.73 Å². The quantitative estimate of drug-likeness (QED) is 0.787.